The molecule has 0 aromatic heterocycles. The molecule has 98 valence electrons. The Morgan fingerprint density at radius 2 is 1.82 bits per heavy atom. The third-order valence-electron chi connectivity index (χ3n) is 2.98. The summed E-state index contributed by atoms with van der Waals surface area (Å²) in [5, 5.41) is 0. The van der Waals surface area contributed by atoms with Crippen LogP contribution < -0.4 is 15.6 Å². The minimum absolute atomic E-state index is 0. The number of hydrogen-bond acceptors (Lipinski definition) is 3. The van der Waals surface area contributed by atoms with Crippen molar-refractivity contribution in [2.24, 2.45) is 0 Å². The Bertz CT molecular complexity index is 338. The zero-order valence-corrected chi connectivity index (χ0v) is 11.4. The van der Waals surface area contributed by atoms with Crippen molar-refractivity contribution in [2.75, 3.05) is 7.11 Å². The van der Waals surface area contributed by atoms with Gasteiger partial charge in [-0.3, -0.25) is 0 Å². The average Bonchev–Trinajstić information content (AvgIpc) is 2.74. The van der Waals surface area contributed by atoms with E-state index >= 15 is 0 Å². The fourth-order valence-electron chi connectivity index (χ4n) is 2.11. The van der Waals surface area contributed by atoms with Gasteiger partial charge in [0.1, 0.15) is 0 Å². The molecular formula is C13H22ClNO2. The van der Waals surface area contributed by atoms with Gasteiger partial charge in [0.05, 0.1) is 13.2 Å². The molecule has 0 saturated heterocycles. The molecule has 1 aliphatic carbocycles. The average molecular weight is 260 g/mol. The molecule has 4 heteroatoms. The minimum Gasteiger partial charge on any atom is -0.493 e. The fraction of sp³-hybridized carbons (Fsp3) is 0.538. The van der Waals surface area contributed by atoms with Crippen LogP contribution in [0.1, 0.15) is 31.2 Å². The highest BCUT2D eigenvalue weighted by atomic mass is 35.5. The summed E-state index contributed by atoms with van der Waals surface area (Å²) >= 11 is 0. The van der Waals surface area contributed by atoms with Gasteiger partial charge in [0.15, 0.2) is 11.5 Å². The second kappa shape index (κ2) is 7.41. The number of ether oxygens (including phenoxy) is 2. The van der Waals surface area contributed by atoms with Gasteiger partial charge < -0.3 is 15.6 Å². The predicted molar refractivity (Wildman–Crippen MR) is 72.9 cm³/mol. The summed E-state index contributed by atoms with van der Waals surface area (Å²) in [5.74, 6) is 1.77. The number of hydrogen-bond donors (Lipinski definition) is 1. The summed E-state index contributed by atoms with van der Waals surface area (Å²) in [7, 11) is 1.69. The van der Waals surface area contributed by atoms with Gasteiger partial charge in [-0.2, -0.15) is 0 Å². The first-order chi connectivity index (χ1) is 7.31. The molecule has 0 spiro atoms. The molecule has 0 aliphatic heterocycles. The lowest BCUT2D eigenvalue weighted by Crippen LogP contribution is -2.12. The van der Waals surface area contributed by atoms with E-state index in [0.717, 1.165) is 17.1 Å². The van der Waals surface area contributed by atoms with Gasteiger partial charge in [-0.25, -0.2) is 0 Å². The minimum atomic E-state index is 0. The molecule has 0 atom stereocenters. The smallest absolute Gasteiger partial charge is 0.164 e. The molecule has 1 fully saturated rings. The maximum atomic E-state index is 6.00. The standard InChI is InChI=1S/C13H18O2.ClH.H3N/c1-10-6-5-9-12(14-2)13(10)15-11-7-3-4-8-11;;/h5-6,9,11H,3-4,7-8H2,1-2H3;1H;1H3. The molecule has 0 amide bonds. The maximum Gasteiger partial charge on any atom is 0.164 e. The highest BCUT2D eigenvalue weighted by molar-refractivity contribution is 5.85. The number of benzene rings is 1. The third kappa shape index (κ3) is 3.79. The third-order valence-corrected chi connectivity index (χ3v) is 2.98. The van der Waals surface area contributed by atoms with Crippen molar-refractivity contribution in [1.82, 2.24) is 6.15 Å². The van der Waals surface area contributed by atoms with Crippen LogP contribution in [0.3, 0.4) is 0 Å². The highest BCUT2D eigenvalue weighted by Crippen LogP contribution is 2.34. The van der Waals surface area contributed by atoms with E-state index in [1.54, 1.807) is 7.11 Å². The highest BCUT2D eigenvalue weighted by Gasteiger charge is 2.19. The molecule has 0 bridgehead atoms. The molecule has 3 nitrogen and oxygen atoms in total. The largest absolute Gasteiger partial charge is 0.493 e. The van der Waals surface area contributed by atoms with Crippen LogP contribution in [0.5, 0.6) is 11.5 Å². The van der Waals surface area contributed by atoms with Crippen molar-refractivity contribution >= 4 is 12.4 Å². The van der Waals surface area contributed by atoms with Crippen LogP contribution in [0, 0.1) is 6.92 Å². The van der Waals surface area contributed by atoms with Crippen LogP contribution in [0.15, 0.2) is 18.2 Å². The zero-order chi connectivity index (χ0) is 10.7. The molecule has 3 N–H and O–H groups in total. The lowest BCUT2D eigenvalue weighted by Gasteiger charge is -2.17. The fourth-order valence-corrected chi connectivity index (χ4v) is 2.11. The van der Waals surface area contributed by atoms with Gasteiger partial charge in [0.2, 0.25) is 0 Å². The second-order valence-electron chi connectivity index (χ2n) is 4.13. The predicted octanol–water partition coefficient (Wildman–Crippen LogP) is 3.91. The molecule has 1 aliphatic rings. The van der Waals surface area contributed by atoms with E-state index in [2.05, 4.69) is 13.0 Å². The number of rotatable bonds is 3. The summed E-state index contributed by atoms with van der Waals surface area (Å²) in [4.78, 5) is 0. The van der Waals surface area contributed by atoms with Crippen molar-refractivity contribution in [1.29, 1.82) is 0 Å². The molecule has 17 heavy (non-hydrogen) atoms. The Hall–Kier alpha value is -0.930. The van der Waals surface area contributed by atoms with E-state index < -0.39 is 0 Å². The van der Waals surface area contributed by atoms with Crippen LogP contribution in [-0.4, -0.2) is 13.2 Å². The Labute approximate surface area is 109 Å². The normalized spacial score (nSPS) is 14.7. The Kier molecular flexibility index (Phi) is 7.00. The monoisotopic (exact) mass is 259 g/mol. The summed E-state index contributed by atoms with van der Waals surface area (Å²) in [5.41, 5.74) is 1.15. The Morgan fingerprint density at radius 1 is 1.18 bits per heavy atom. The maximum absolute atomic E-state index is 6.00. The summed E-state index contributed by atoms with van der Waals surface area (Å²) in [6.07, 6.45) is 5.33. The Morgan fingerprint density at radius 3 is 2.41 bits per heavy atom. The quantitative estimate of drug-likeness (QED) is 0.895. The van der Waals surface area contributed by atoms with Gasteiger partial charge in [0, 0.05) is 0 Å². The van der Waals surface area contributed by atoms with Crippen molar-refractivity contribution in [2.45, 2.75) is 38.7 Å². The Balaban J connectivity index is 0.00000128. The van der Waals surface area contributed by atoms with Crippen LogP contribution in [0.4, 0.5) is 0 Å². The van der Waals surface area contributed by atoms with Crippen LogP contribution in [0.2, 0.25) is 0 Å². The summed E-state index contributed by atoms with van der Waals surface area (Å²) in [6.45, 7) is 2.06. The molecule has 0 heterocycles. The number of para-hydroxylation sites is 1. The SMILES string of the molecule is COc1cccc(C)c1OC1CCCC1.Cl.N. The number of halogens is 1. The first-order valence-electron chi connectivity index (χ1n) is 5.61. The van der Waals surface area contributed by atoms with E-state index in [1.807, 2.05) is 12.1 Å². The molecule has 1 aromatic rings. The van der Waals surface area contributed by atoms with Gasteiger partial charge in [-0.1, -0.05) is 12.1 Å². The lowest BCUT2D eigenvalue weighted by molar-refractivity contribution is 0.199. The van der Waals surface area contributed by atoms with E-state index in [0.29, 0.717) is 6.10 Å². The molecule has 1 saturated carbocycles. The summed E-state index contributed by atoms with van der Waals surface area (Å²) in [6, 6.07) is 6.01. The number of aryl methyl sites for hydroxylation is 1. The first kappa shape index (κ1) is 16.1. The van der Waals surface area contributed by atoms with Crippen molar-refractivity contribution in [3.8, 4) is 11.5 Å². The van der Waals surface area contributed by atoms with Gasteiger partial charge in [-0.05, 0) is 44.2 Å². The van der Waals surface area contributed by atoms with Gasteiger partial charge in [-0.15, -0.1) is 12.4 Å². The van der Waals surface area contributed by atoms with Gasteiger partial charge >= 0.3 is 0 Å². The van der Waals surface area contributed by atoms with Crippen molar-refractivity contribution in [3.63, 3.8) is 0 Å². The van der Waals surface area contributed by atoms with E-state index in [-0.39, 0.29) is 18.6 Å². The van der Waals surface area contributed by atoms with Crippen LogP contribution in [-0.2, 0) is 0 Å². The molecule has 2 rings (SSSR count). The molecule has 0 radical (unpaired) electrons. The van der Waals surface area contributed by atoms with Crippen molar-refractivity contribution < 1.29 is 9.47 Å². The van der Waals surface area contributed by atoms with Crippen LogP contribution >= 0.6 is 12.4 Å². The van der Waals surface area contributed by atoms with Crippen LogP contribution in [0.25, 0.3) is 0 Å². The van der Waals surface area contributed by atoms with E-state index in [1.165, 1.54) is 25.7 Å². The molecule has 0 unspecified atom stereocenters. The molecular weight excluding hydrogens is 238 g/mol. The zero-order valence-electron chi connectivity index (χ0n) is 10.6. The first-order valence-corrected chi connectivity index (χ1v) is 5.61. The second-order valence-corrected chi connectivity index (χ2v) is 4.13. The van der Waals surface area contributed by atoms with E-state index in [9.17, 15) is 0 Å². The number of methoxy groups -OCH3 is 1. The van der Waals surface area contributed by atoms with Gasteiger partial charge in [0.25, 0.3) is 0 Å². The van der Waals surface area contributed by atoms with Crippen molar-refractivity contribution in [3.05, 3.63) is 23.8 Å². The molecule has 1 aromatic carbocycles. The lowest BCUT2D eigenvalue weighted by atomic mass is 10.2. The topological polar surface area (TPSA) is 53.5 Å². The van der Waals surface area contributed by atoms with E-state index in [4.69, 9.17) is 9.47 Å². The summed E-state index contributed by atoms with van der Waals surface area (Å²) < 4.78 is 11.3.